The van der Waals surface area contributed by atoms with Crippen LogP contribution in [0.2, 0.25) is 0 Å². The highest BCUT2D eigenvalue weighted by molar-refractivity contribution is 5.94. The predicted octanol–water partition coefficient (Wildman–Crippen LogP) is 3.62. The molecule has 1 amide bonds. The summed E-state index contributed by atoms with van der Waals surface area (Å²) >= 11 is 0. The number of benzene rings is 1. The van der Waals surface area contributed by atoms with Gasteiger partial charge in [-0.25, -0.2) is 8.78 Å². The molecule has 0 bridgehead atoms. The molecule has 0 aliphatic heterocycles. The molecule has 0 saturated carbocycles. The van der Waals surface area contributed by atoms with Crippen LogP contribution in [0.5, 0.6) is 0 Å². The van der Waals surface area contributed by atoms with Crippen LogP contribution in [0.25, 0.3) is 0 Å². The van der Waals surface area contributed by atoms with Gasteiger partial charge in [-0.3, -0.25) is 9.59 Å². The second-order valence-corrected chi connectivity index (χ2v) is 6.35. The Morgan fingerprint density at radius 1 is 1.24 bits per heavy atom. The van der Waals surface area contributed by atoms with Crippen LogP contribution in [-0.4, -0.2) is 25.0 Å². The van der Waals surface area contributed by atoms with Crippen LogP contribution >= 0.6 is 0 Å². The number of hydrogen-bond donors (Lipinski definition) is 1. The minimum Gasteiger partial charge on any atom is -0.465 e. The van der Waals surface area contributed by atoms with Crippen molar-refractivity contribution in [2.24, 2.45) is 11.8 Å². The van der Waals surface area contributed by atoms with Gasteiger partial charge in [0.2, 0.25) is 0 Å². The lowest BCUT2D eigenvalue weighted by atomic mass is 9.85. The molecule has 0 aromatic heterocycles. The highest BCUT2D eigenvalue weighted by Crippen LogP contribution is 2.25. The summed E-state index contributed by atoms with van der Waals surface area (Å²) in [6.45, 7) is 2.77. The van der Waals surface area contributed by atoms with Crippen molar-refractivity contribution >= 4 is 11.9 Å². The molecule has 2 rings (SSSR count). The predicted molar refractivity (Wildman–Crippen MR) is 89.9 cm³/mol. The lowest BCUT2D eigenvalue weighted by Gasteiger charge is -2.24. The van der Waals surface area contributed by atoms with Crippen LogP contribution < -0.4 is 5.32 Å². The summed E-state index contributed by atoms with van der Waals surface area (Å²) in [6.07, 6.45) is 6.77. The van der Waals surface area contributed by atoms with Gasteiger partial charge in [-0.05, 0) is 43.2 Å². The molecular formula is C19H23F2NO3. The molecule has 0 radical (unpaired) electrons. The Bertz CT molecular complexity index is 646. The molecule has 4 nitrogen and oxygen atoms in total. The zero-order chi connectivity index (χ0) is 18.2. The number of allylic oxidation sites excluding steroid dienone is 2. The molecular weight excluding hydrogens is 328 g/mol. The molecule has 1 aromatic rings. The first-order valence-electron chi connectivity index (χ1n) is 8.51. The molecule has 0 fully saturated rings. The normalized spacial score (nSPS) is 19.5. The standard InChI is InChI=1S/C19H23F2NO3/c1-13-5-2-3-6-14(13)12-25-18(23)7-4-10-22-19(24)16-9-8-15(20)11-17(16)21/h2-3,8-9,11,13-14H,4-7,10,12H2,1H3,(H,22,24). The van der Waals surface area contributed by atoms with E-state index in [4.69, 9.17) is 4.74 Å². The number of rotatable bonds is 7. The minimum atomic E-state index is -0.910. The van der Waals surface area contributed by atoms with E-state index >= 15 is 0 Å². The molecule has 2 unspecified atom stereocenters. The van der Waals surface area contributed by atoms with Crippen LogP contribution in [0.1, 0.15) is 43.0 Å². The summed E-state index contributed by atoms with van der Waals surface area (Å²) in [5, 5.41) is 2.51. The van der Waals surface area contributed by atoms with Crippen molar-refractivity contribution in [3.8, 4) is 0 Å². The monoisotopic (exact) mass is 351 g/mol. The van der Waals surface area contributed by atoms with Gasteiger partial charge in [-0.1, -0.05) is 19.1 Å². The van der Waals surface area contributed by atoms with E-state index in [2.05, 4.69) is 24.4 Å². The molecule has 136 valence electrons. The molecule has 6 heteroatoms. The molecule has 1 N–H and O–H groups in total. The molecule has 0 heterocycles. The van der Waals surface area contributed by atoms with Crippen molar-refractivity contribution in [2.75, 3.05) is 13.2 Å². The molecule has 0 saturated heterocycles. The quantitative estimate of drug-likeness (QED) is 0.464. The van der Waals surface area contributed by atoms with E-state index in [9.17, 15) is 18.4 Å². The minimum absolute atomic E-state index is 0.184. The van der Waals surface area contributed by atoms with Crippen molar-refractivity contribution in [3.63, 3.8) is 0 Å². The Hall–Kier alpha value is -2.24. The fourth-order valence-corrected chi connectivity index (χ4v) is 2.71. The van der Waals surface area contributed by atoms with Gasteiger partial charge in [0.05, 0.1) is 12.2 Å². The van der Waals surface area contributed by atoms with Gasteiger partial charge in [0.15, 0.2) is 0 Å². The highest BCUT2D eigenvalue weighted by atomic mass is 19.1. The smallest absolute Gasteiger partial charge is 0.305 e. The maximum Gasteiger partial charge on any atom is 0.305 e. The number of hydrogen-bond acceptors (Lipinski definition) is 3. The van der Waals surface area contributed by atoms with Crippen LogP contribution in [0.4, 0.5) is 8.78 Å². The van der Waals surface area contributed by atoms with E-state index in [0.717, 1.165) is 25.0 Å². The summed E-state index contributed by atoms with van der Waals surface area (Å²) in [4.78, 5) is 23.5. The van der Waals surface area contributed by atoms with E-state index < -0.39 is 17.5 Å². The second-order valence-electron chi connectivity index (χ2n) is 6.35. The van der Waals surface area contributed by atoms with Crippen LogP contribution in [0.3, 0.4) is 0 Å². The molecule has 2 atom stereocenters. The van der Waals surface area contributed by atoms with E-state index in [0.29, 0.717) is 30.9 Å². The van der Waals surface area contributed by atoms with E-state index in [1.807, 2.05) is 0 Å². The van der Waals surface area contributed by atoms with Gasteiger partial charge in [-0.15, -0.1) is 0 Å². The summed E-state index contributed by atoms with van der Waals surface area (Å²) in [5.74, 6) is -1.72. The highest BCUT2D eigenvalue weighted by Gasteiger charge is 2.20. The Kier molecular flexibility index (Phi) is 7.10. The molecule has 1 aliphatic rings. The Balaban J connectivity index is 1.64. The first-order valence-corrected chi connectivity index (χ1v) is 8.51. The average Bonchev–Trinajstić information content (AvgIpc) is 2.58. The van der Waals surface area contributed by atoms with Crippen molar-refractivity contribution in [1.82, 2.24) is 5.32 Å². The summed E-state index contributed by atoms with van der Waals surface area (Å²) in [6, 6.07) is 2.78. The van der Waals surface area contributed by atoms with Crippen LogP contribution in [0.15, 0.2) is 30.4 Å². The lowest BCUT2D eigenvalue weighted by molar-refractivity contribution is -0.145. The maximum atomic E-state index is 13.5. The first kappa shape index (κ1) is 19.1. The topological polar surface area (TPSA) is 55.4 Å². The number of ether oxygens (including phenoxy) is 1. The van der Waals surface area contributed by atoms with Crippen molar-refractivity contribution < 1.29 is 23.1 Å². The van der Waals surface area contributed by atoms with Gasteiger partial charge in [-0.2, -0.15) is 0 Å². The summed E-state index contributed by atoms with van der Waals surface area (Å²) in [5.41, 5.74) is -0.219. The Morgan fingerprint density at radius 2 is 2.00 bits per heavy atom. The number of esters is 1. The van der Waals surface area contributed by atoms with Gasteiger partial charge >= 0.3 is 5.97 Å². The van der Waals surface area contributed by atoms with Gasteiger partial charge < -0.3 is 10.1 Å². The number of carbonyl (C=O) groups excluding carboxylic acids is 2. The molecule has 1 aromatic carbocycles. The number of nitrogens with one attached hydrogen (secondary N) is 1. The fraction of sp³-hybridized carbons (Fsp3) is 0.474. The third-order valence-electron chi connectivity index (χ3n) is 4.40. The van der Waals surface area contributed by atoms with Crippen LogP contribution in [-0.2, 0) is 9.53 Å². The number of amides is 1. The van der Waals surface area contributed by atoms with Gasteiger partial charge in [0.1, 0.15) is 11.6 Å². The molecule has 1 aliphatic carbocycles. The Morgan fingerprint density at radius 3 is 2.72 bits per heavy atom. The number of carbonyl (C=O) groups is 2. The average molecular weight is 351 g/mol. The van der Waals surface area contributed by atoms with E-state index in [-0.39, 0.29) is 24.5 Å². The lowest BCUT2D eigenvalue weighted by Crippen LogP contribution is -2.26. The zero-order valence-corrected chi connectivity index (χ0v) is 14.3. The van der Waals surface area contributed by atoms with E-state index in [1.54, 1.807) is 0 Å². The fourth-order valence-electron chi connectivity index (χ4n) is 2.71. The van der Waals surface area contributed by atoms with Crippen molar-refractivity contribution in [3.05, 3.63) is 47.5 Å². The molecule has 25 heavy (non-hydrogen) atoms. The first-order chi connectivity index (χ1) is 12.0. The summed E-state index contributed by atoms with van der Waals surface area (Å²) in [7, 11) is 0. The van der Waals surface area contributed by atoms with Crippen LogP contribution in [0, 0.1) is 23.5 Å². The van der Waals surface area contributed by atoms with Gasteiger partial charge in [0, 0.05) is 19.0 Å². The van der Waals surface area contributed by atoms with Crippen molar-refractivity contribution in [2.45, 2.75) is 32.6 Å². The third kappa shape index (κ3) is 5.96. The zero-order valence-electron chi connectivity index (χ0n) is 14.3. The summed E-state index contributed by atoms with van der Waals surface area (Å²) < 4.78 is 31.6. The molecule has 0 spiro atoms. The van der Waals surface area contributed by atoms with E-state index in [1.165, 1.54) is 0 Å². The van der Waals surface area contributed by atoms with Gasteiger partial charge in [0.25, 0.3) is 5.91 Å². The Labute approximate surface area is 146 Å². The third-order valence-corrected chi connectivity index (χ3v) is 4.40. The number of halogens is 2. The van der Waals surface area contributed by atoms with Crippen molar-refractivity contribution in [1.29, 1.82) is 0 Å². The SMILES string of the molecule is CC1CC=CCC1COC(=O)CCCNC(=O)c1ccc(F)cc1F. The largest absolute Gasteiger partial charge is 0.465 e. The maximum absolute atomic E-state index is 13.5. The second kappa shape index (κ2) is 9.30.